The maximum atomic E-state index is 13.2. The van der Waals surface area contributed by atoms with E-state index >= 15 is 0 Å². The first-order chi connectivity index (χ1) is 13.0. The molecule has 0 spiro atoms. The predicted molar refractivity (Wildman–Crippen MR) is 114 cm³/mol. The van der Waals surface area contributed by atoms with Gasteiger partial charge in [0.1, 0.15) is 5.75 Å². The van der Waals surface area contributed by atoms with Gasteiger partial charge < -0.3 is 9.42 Å². The third-order valence-corrected chi connectivity index (χ3v) is 6.34. The van der Waals surface area contributed by atoms with E-state index in [1.165, 1.54) is 5.56 Å². The topological polar surface area (TPSA) is 46.5 Å². The Hall–Kier alpha value is -1.57. The van der Waals surface area contributed by atoms with Crippen LogP contribution in [0.5, 0.6) is 5.75 Å². The molecule has 4 heteroatoms. The van der Waals surface area contributed by atoms with Crippen LogP contribution >= 0.6 is 7.60 Å². The monoisotopic (exact) mass is 388 g/mol. The summed E-state index contributed by atoms with van der Waals surface area (Å²) in [6.07, 6.45) is 7.91. The molecular weight excluding hydrogens is 355 g/mol. The number of hydrogen-bond acceptors (Lipinski definition) is 2. The fraction of sp³-hybridized carbons (Fsp3) is 0.478. The highest BCUT2D eigenvalue weighted by Crippen LogP contribution is 2.44. The van der Waals surface area contributed by atoms with Crippen LogP contribution in [0.1, 0.15) is 69.6 Å². The molecule has 1 atom stereocenters. The van der Waals surface area contributed by atoms with E-state index in [2.05, 4.69) is 26.8 Å². The number of benzene rings is 2. The average Bonchev–Trinajstić information content (AvgIpc) is 2.66. The second-order valence-corrected chi connectivity index (χ2v) is 8.80. The summed E-state index contributed by atoms with van der Waals surface area (Å²) < 4.78 is 19.0. The van der Waals surface area contributed by atoms with Crippen molar-refractivity contribution in [3.63, 3.8) is 0 Å². The van der Waals surface area contributed by atoms with Crippen molar-refractivity contribution in [1.82, 2.24) is 0 Å². The molecule has 0 aromatic heterocycles. The van der Waals surface area contributed by atoms with E-state index in [1.54, 1.807) is 12.1 Å². The third-order valence-electron chi connectivity index (χ3n) is 4.85. The van der Waals surface area contributed by atoms with Gasteiger partial charge >= 0.3 is 7.60 Å². The lowest BCUT2D eigenvalue weighted by Crippen LogP contribution is -2.15. The quantitative estimate of drug-likeness (QED) is 0.465. The first kappa shape index (κ1) is 21.7. The minimum atomic E-state index is -3.94. The Morgan fingerprint density at radius 2 is 1.48 bits per heavy atom. The molecule has 0 fully saturated rings. The Kier molecular flexibility index (Phi) is 8.60. The molecule has 0 amide bonds. The van der Waals surface area contributed by atoms with Crippen LogP contribution in [0.4, 0.5) is 0 Å². The van der Waals surface area contributed by atoms with Gasteiger partial charge in [0.25, 0.3) is 0 Å². The number of unbranched alkanes of at least 4 members (excludes halogenated alkanes) is 2. The Morgan fingerprint density at radius 1 is 0.815 bits per heavy atom. The smallest absolute Gasteiger partial charge is 0.408 e. The molecule has 2 aromatic rings. The van der Waals surface area contributed by atoms with Gasteiger partial charge in [0.15, 0.2) is 0 Å². The molecular formula is C23H33O3P. The van der Waals surface area contributed by atoms with Crippen molar-refractivity contribution in [2.24, 2.45) is 0 Å². The number of hydrogen-bond donors (Lipinski definition) is 1. The van der Waals surface area contributed by atoms with Crippen molar-refractivity contribution in [2.45, 2.75) is 72.1 Å². The van der Waals surface area contributed by atoms with E-state index in [4.69, 9.17) is 4.52 Å². The standard InChI is InChI=1S/C23H33O3P/c1-4-7-13-19-15-11-17-22(21(19)16-8-5-2)26-27(24,25)23-18-10-9-14-20(23)12-6-3/h9-11,14-15,17-18H,4-8,12-13,16H2,1-3H3,(H,24,25). The van der Waals surface area contributed by atoms with Crippen LogP contribution in [0.2, 0.25) is 0 Å². The lowest BCUT2D eigenvalue weighted by atomic mass is 9.97. The largest absolute Gasteiger partial charge is 0.421 e. The Labute approximate surface area is 164 Å². The zero-order chi connectivity index (χ0) is 19.7. The summed E-state index contributed by atoms with van der Waals surface area (Å²) in [7, 11) is -3.94. The lowest BCUT2D eigenvalue weighted by molar-refractivity contribution is 0.391. The molecule has 0 bridgehead atoms. The molecule has 1 unspecified atom stereocenters. The summed E-state index contributed by atoms with van der Waals surface area (Å²) in [6.45, 7) is 6.41. The highest BCUT2D eigenvalue weighted by atomic mass is 31.2. The summed E-state index contributed by atoms with van der Waals surface area (Å²) in [6, 6.07) is 13.3. The van der Waals surface area contributed by atoms with Gasteiger partial charge in [-0.3, -0.25) is 0 Å². The maximum absolute atomic E-state index is 13.2. The summed E-state index contributed by atoms with van der Waals surface area (Å²) in [5.74, 6) is 0.564. The minimum Gasteiger partial charge on any atom is -0.421 e. The SMILES string of the molecule is CCCCc1cccc(OP(=O)(O)c2ccccc2CCC)c1CCCC. The van der Waals surface area contributed by atoms with Gasteiger partial charge in [0.2, 0.25) is 0 Å². The van der Waals surface area contributed by atoms with Crippen molar-refractivity contribution in [2.75, 3.05) is 0 Å². The molecule has 2 rings (SSSR count). The summed E-state index contributed by atoms with van der Waals surface area (Å²) in [5, 5.41) is 0.423. The van der Waals surface area contributed by atoms with Crippen LogP contribution in [-0.4, -0.2) is 4.89 Å². The van der Waals surface area contributed by atoms with Gasteiger partial charge in [-0.15, -0.1) is 0 Å². The van der Waals surface area contributed by atoms with E-state index in [0.29, 0.717) is 11.1 Å². The first-order valence-corrected chi connectivity index (χ1v) is 11.8. The molecule has 0 saturated carbocycles. The van der Waals surface area contributed by atoms with Gasteiger partial charge in [0, 0.05) is 0 Å². The zero-order valence-electron chi connectivity index (χ0n) is 16.9. The van der Waals surface area contributed by atoms with Gasteiger partial charge in [0.05, 0.1) is 5.30 Å². The number of aryl methyl sites for hydroxylation is 2. The van der Waals surface area contributed by atoms with Crippen molar-refractivity contribution in [3.8, 4) is 5.75 Å². The van der Waals surface area contributed by atoms with Crippen molar-refractivity contribution in [1.29, 1.82) is 0 Å². The van der Waals surface area contributed by atoms with Crippen LogP contribution in [-0.2, 0) is 23.8 Å². The van der Waals surface area contributed by atoms with Crippen molar-refractivity contribution >= 4 is 12.9 Å². The van der Waals surface area contributed by atoms with Gasteiger partial charge in [-0.25, -0.2) is 4.57 Å². The van der Waals surface area contributed by atoms with E-state index in [1.807, 2.05) is 24.3 Å². The Morgan fingerprint density at radius 3 is 2.19 bits per heavy atom. The number of rotatable bonds is 11. The molecule has 0 aliphatic heterocycles. The molecule has 2 aromatic carbocycles. The molecule has 0 heterocycles. The van der Waals surface area contributed by atoms with Crippen LogP contribution in [0.15, 0.2) is 42.5 Å². The van der Waals surface area contributed by atoms with Crippen molar-refractivity contribution in [3.05, 3.63) is 59.2 Å². The fourth-order valence-electron chi connectivity index (χ4n) is 3.39. The Bertz CT molecular complexity index is 770. The predicted octanol–water partition coefficient (Wildman–Crippen LogP) is 6.21. The summed E-state index contributed by atoms with van der Waals surface area (Å²) in [5.41, 5.74) is 3.22. The zero-order valence-corrected chi connectivity index (χ0v) is 17.8. The molecule has 3 nitrogen and oxygen atoms in total. The van der Waals surface area contributed by atoms with Crippen LogP contribution in [0.25, 0.3) is 0 Å². The van der Waals surface area contributed by atoms with E-state index in [-0.39, 0.29) is 0 Å². The molecule has 148 valence electrons. The summed E-state index contributed by atoms with van der Waals surface area (Å²) in [4.78, 5) is 10.8. The van der Waals surface area contributed by atoms with Crippen LogP contribution < -0.4 is 9.83 Å². The lowest BCUT2D eigenvalue weighted by Gasteiger charge is -2.20. The highest BCUT2D eigenvalue weighted by Gasteiger charge is 2.28. The van der Waals surface area contributed by atoms with E-state index < -0.39 is 7.60 Å². The third kappa shape index (κ3) is 5.96. The molecule has 0 saturated heterocycles. The Balaban J connectivity index is 2.38. The van der Waals surface area contributed by atoms with Gasteiger partial charge in [-0.05, 0) is 60.9 Å². The highest BCUT2D eigenvalue weighted by molar-refractivity contribution is 7.61. The van der Waals surface area contributed by atoms with E-state index in [0.717, 1.165) is 62.5 Å². The second kappa shape index (κ2) is 10.7. The second-order valence-electron chi connectivity index (χ2n) is 7.09. The molecule has 27 heavy (non-hydrogen) atoms. The molecule has 0 aliphatic rings. The maximum Gasteiger partial charge on any atom is 0.408 e. The summed E-state index contributed by atoms with van der Waals surface area (Å²) >= 11 is 0. The van der Waals surface area contributed by atoms with Crippen molar-refractivity contribution < 1.29 is 14.0 Å². The molecule has 0 radical (unpaired) electrons. The normalized spacial score (nSPS) is 13.3. The molecule has 0 aliphatic carbocycles. The van der Waals surface area contributed by atoms with Gasteiger partial charge in [-0.2, -0.15) is 0 Å². The minimum absolute atomic E-state index is 0.423. The van der Waals surface area contributed by atoms with E-state index in [9.17, 15) is 9.46 Å². The molecule has 1 N–H and O–H groups in total. The first-order valence-electron chi connectivity index (χ1n) is 10.2. The van der Waals surface area contributed by atoms with Gasteiger partial charge in [-0.1, -0.05) is 70.4 Å². The fourth-order valence-corrected chi connectivity index (χ4v) is 4.74. The van der Waals surface area contributed by atoms with Crippen LogP contribution in [0.3, 0.4) is 0 Å². The van der Waals surface area contributed by atoms with Crippen LogP contribution in [0, 0.1) is 0 Å². The average molecular weight is 388 g/mol.